The van der Waals surface area contributed by atoms with E-state index in [1.54, 1.807) is 0 Å². The number of fused-ring (bicyclic) bond motifs is 2. The molecule has 1 aromatic rings. The summed E-state index contributed by atoms with van der Waals surface area (Å²) in [6, 6.07) is 8.61. The molecule has 2 saturated carbocycles. The van der Waals surface area contributed by atoms with Crippen molar-refractivity contribution in [2.45, 2.75) is 31.6 Å². The molecule has 1 N–H and O–H groups in total. The number of hydrogen-bond acceptors (Lipinski definition) is 2. The third kappa shape index (κ3) is 1.97. The molecular weight excluding hydrogens is 234 g/mol. The molecule has 102 valence electrons. The lowest BCUT2D eigenvalue weighted by Gasteiger charge is -2.33. The molecule has 3 aliphatic rings. The quantitative estimate of drug-likeness (QED) is 0.894. The van der Waals surface area contributed by atoms with Crippen LogP contribution in [0.1, 0.15) is 37.2 Å². The molecule has 0 radical (unpaired) electrons. The lowest BCUT2D eigenvalue weighted by atomic mass is 9.74. The molecule has 4 rings (SSSR count). The number of benzene rings is 1. The van der Waals surface area contributed by atoms with Crippen molar-refractivity contribution in [3.8, 4) is 5.75 Å². The van der Waals surface area contributed by atoms with Crippen LogP contribution >= 0.6 is 0 Å². The fourth-order valence-electron chi connectivity index (χ4n) is 4.69. The Morgan fingerprint density at radius 3 is 2.84 bits per heavy atom. The van der Waals surface area contributed by atoms with Crippen LogP contribution in [0.5, 0.6) is 5.75 Å². The average molecular weight is 257 g/mol. The highest BCUT2D eigenvalue weighted by Crippen LogP contribution is 2.62. The molecule has 2 nitrogen and oxygen atoms in total. The second-order valence-corrected chi connectivity index (χ2v) is 6.94. The Balaban J connectivity index is 1.54. The van der Waals surface area contributed by atoms with E-state index >= 15 is 0 Å². The van der Waals surface area contributed by atoms with Crippen LogP contribution in [0.4, 0.5) is 0 Å². The average Bonchev–Trinajstić information content (AvgIpc) is 2.85. The van der Waals surface area contributed by atoms with Gasteiger partial charge in [-0.1, -0.05) is 18.2 Å². The minimum atomic E-state index is 0.536. The lowest BCUT2D eigenvalue weighted by molar-refractivity contribution is 0.200. The summed E-state index contributed by atoms with van der Waals surface area (Å²) in [5.74, 6) is 3.83. The van der Waals surface area contributed by atoms with E-state index in [0.29, 0.717) is 11.3 Å². The highest BCUT2D eigenvalue weighted by Gasteiger charge is 2.54. The van der Waals surface area contributed by atoms with Gasteiger partial charge in [0.05, 0.1) is 6.61 Å². The van der Waals surface area contributed by atoms with Gasteiger partial charge in [0.25, 0.3) is 0 Å². The first-order chi connectivity index (χ1) is 9.30. The Morgan fingerprint density at radius 2 is 2.05 bits per heavy atom. The summed E-state index contributed by atoms with van der Waals surface area (Å²) in [6.07, 6.45) is 5.69. The summed E-state index contributed by atoms with van der Waals surface area (Å²) >= 11 is 0. The van der Waals surface area contributed by atoms with Crippen LogP contribution < -0.4 is 10.1 Å². The number of para-hydroxylation sites is 1. The summed E-state index contributed by atoms with van der Waals surface area (Å²) in [6.45, 7) is 2.07. The van der Waals surface area contributed by atoms with Gasteiger partial charge in [-0.05, 0) is 56.0 Å². The van der Waals surface area contributed by atoms with Crippen molar-refractivity contribution in [3.05, 3.63) is 29.8 Å². The van der Waals surface area contributed by atoms with Crippen LogP contribution in [-0.2, 0) is 0 Å². The van der Waals surface area contributed by atoms with Gasteiger partial charge in [-0.15, -0.1) is 0 Å². The van der Waals surface area contributed by atoms with Crippen LogP contribution in [0, 0.1) is 17.3 Å². The van der Waals surface area contributed by atoms with E-state index in [0.717, 1.165) is 24.2 Å². The third-order valence-electron chi connectivity index (χ3n) is 5.49. The Kier molecular flexibility index (Phi) is 2.63. The normalized spacial score (nSPS) is 38.7. The summed E-state index contributed by atoms with van der Waals surface area (Å²) in [4.78, 5) is 0. The predicted octanol–water partition coefficient (Wildman–Crippen LogP) is 3.19. The molecule has 19 heavy (non-hydrogen) atoms. The van der Waals surface area contributed by atoms with Crippen molar-refractivity contribution in [1.82, 2.24) is 5.32 Å². The van der Waals surface area contributed by atoms with Crippen LogP contribution in [0.25, 0.3) is 0 Å². The van der Waals surface area contributed by atoms with E-state index in [1.807, 2.05) is 0 Å². The molecule has 2 heteroatoms. The first-order valence-electron chi connectivity index (χ1n) is 7.66. The fourth-order valence-corrected chi connectivity index (χ4v) is 4.69. The maximum Gasteiger partial charge on any atom is 0.122 e. The molecular formula is C17H23NO. The van der Waals surface area contributed by atoms with Gasteiger partial charge in [0.1, 0.15) is 5.75 Å². The Labute approximate surface area is 115 Å². The van der Waals surface area contributed by atoms with Gasteiger partial charge in [0.15, 0.2) is 0 Å². The summed E-state index contributed by atoms with van der Waals surface area (Å²) < 4.78 is 5.86. The Hall–Kier alpha value is -1.02. The maximum absolute atomic E-state index is 5.86. The van der Waals surface area contributed by atoms with Gasteiger partial charge in [0, 0.05) is 18.0 Å². The largest absolute Gasteiger partial charge is 0.493 e. The zero-order chi connectivity index (χ0) is 12.9. The number of ether oxygens (including phenoxy) is 1. The highest BCUT2D eigenvalue weighted by atomic mass is 16.5. The van der Waals surface area contributed by atoms with Crippen LogP contribution in [0.3, 0.4) is 0 Å². The third-order valence-corrected chi connectivity index (χ3v) is 5.49. The molecule has 2 aliphatic carbocycles. The van der Waals surface area contributed by atoms with Crippen molar-refractivity contribution in [3.63, 3.8) is 0 Å². The molecule has 1 aromatic carbocycles. The van der Waals surface area contributed by atoms with Gasteiger partial charge in [0.2, 0.25) is 0 Å². The van der Waals surface area contributed by atoms with Crippen molar-refractivity contribution < 1.29 is 4.74 Å². The monoisotopic (exact) mass is 257 g/mol. The number of rotatable bonds is 4. The Bertz CT molecular complexity index is 474. The molecule has 3 atom stereocenters. The van der Waals surface area contributed by atoms with Gasteiger partial charge in [-0.2, -0.15) is 0 Å². The maximum atomic E-state index is 5.86. The van der Waals surface area contributed by atoms with E-state index in [2.05, 4.69) is 36.6 Å². The minimum absolute atomic E-state index is 0.536. The fraction of sp³-hybridized carbons (Fsp3) is 0.647. The van der Waals surface area contributed by atoms with E-state index in [-0.39, 0.29) is 0 Å². The van der Waals surface area contributed by atoms with Gasteiger partial charge in [-0.25, -0.2) is 0 Å². The van der Waals surface area contributed by atoms with E-state index in [1.165, 1.54) is 37.8 Å². The van der Waals surface area contributed by atoms with E-state index < -0.39 is 0 Å². The van der Waals surface area contributed by atoms with Crippen LogP contribution in [-0.4, -0.2) is 20.2 Å². The van der Waals surface area contributed by atoms with Gasteiger partial charge < -0.3 is 10.1 Å². The number of nitrogens with one attached hydrogen (secondary N) is 1. The second kappa shape index (κ2) is 4.24. The molecule has 0 bridgehead atoms. The molecule has 1 heterocycles. The first-order valence-corrected chi connectivity index (χ1v) is 7.66. The van der Waals surface area contributed by atoms with Crippen LogP contribution in [0.2, 0.25) is 0 Å². The van der Waals surface area contributed by atoms with E-state index in [4.69, 9.17) is 4.74 Å². The highest BCUT2D eigenvalue weighted by molar-refractivity contribution is 5.39. The van der Waals surface area contributed by atoms with Crippen molar-refractivity contribution in [1.29, 1.82) is 0 Å². The molecule has 2 fully saturated rings. The molecule has 1 aliphatic heterocycles. The topological polar surface area (TPSA) is 21.3 Å². The van der Waals surface area contributed by atoms with Gasteiger partial charge in [-0.3, -0.25) is 0 Å². The summed E-state index contributed by atoms with van der Waals surface area (Å²) in [5, 5.41) is 3.45. The van der Waals surface area contributed by atoms with Crippen LogP contribution in [0.15, 0.2) is 24.3 Å². The van der Waals surface area contributed by atoms with Crippen molar-refractivity contribution >= 4 is 0 Å². The standard InChI is InChI=1S/C17H23NO/c1-18-11-17(7-12-6-13(12)8-17)9-14-10-19-16-5-3-2-4-15(14)16/h2-5,12-14,18H,6-11H2,1H3. The molecule has 0 saturated heterocycles. The summed E-state index contributed by atoms with van der Waals surface area (Å²) in [7, 11) is 2.10. The predicted molar refractivity (Wildman–Crippen MR) is 76.5 cm³/mol. The zero-order valence-corrected chi connectivity index (χ0v) is 11.7. The molecule has 0 aromatic heterocycles. The van der Waals surface area contributed by atoms with Crippen molar-refractivity contribution in [2.24, 2.45) is 17.3 Å². The Morgan fingerprint density at radius 1 is 1.26 bits per heavy atom. The molecule has 3 unspecified atom stereocenters. The van der Waals surface area contributed by atoms with E-state index in [9.17, 15) is 0 Å². The number of hydrogen-bond donors (Lipinski definition) is 1. The minimum Gasteiger partial charge on any atom is -0.493 e. The van der Waals surface area contributed by atoms with Crippen molar-refractivity contribution in [2.75, 3.05) is 20.2 Å². The van der Waals surface area contributed by atoms with Gasteiger partial charge >= 0.3 is 0 Å². The summed E-state index contributed by atoms with van der Waals surface area (Å²) in [5.41, 5.74) is 1.98. The zero-order valence-electron chi connectivity index (χ0n) is 11.7. The lowest BCUT2D eigenvalue weighted by Crippen LogP contribution is -2.33. The second-order valence-electron chi connectivity index (χ2n) is 6.94. The molecule has 0 amide bonds. The first kappa shape index (κ1) is 11.8. The molecule has 0 spiro atoms. The smallest absolute Gasteiger partial charge is 0.122 e. The SMILES string of the molecule is CNCC1(CC2COc3ccccc32)CC2CC2C1.